The number of nitrogen functional groups attached to an aromatic ring is 1. The van der Waals surface area contributed by atoms with E-state index in [1.54, 1.807) is 12.1 Å². The van der Waals surface area contributed by atoms with Gasteiger partial charge in [-0.1, -0.05) is 29.8 Å². The minimum Gasteiger partial charge on any atom is -0.397 e. The van der Waals surface area contributed by atoms with Crippen molar-refractivity contribution in [3.8, 4) is 22.4 Å². The number of likely N-dealkylation sites (tertiary alicyclic amines) is 1. The maximum atomic E-state index is 13.5. The summed E-state index contributed by atoms with van der Waals surface area (Å²) >= 11 is 7.82. The van der Waals surface area contributed by atoms with Gasteiger partial charge in [-0.05, 0) is 54.8 Å². The molecule has 4 aromatic rings. The molecule has 0 radical (unpaired) electrons. The Morgan fingerprint density at radius 1 is 1.06 bits per heavy atom. The third-order valence-corrected chi connectivity index (χ3v) is 7.01. The van der Waals surface area contributed by atoms with Crippen LogP contribution in [0.2, 0.25) is 5.02 Å². The Bertz CT molecular complexity index is 1300. The van der Waals surface area contributed by atoms with Crippen molar-refractivity contribution >= 4 is 44.7 Å². The van der Waals surface area contributed by atoms with E-state index in [1.807, 2.05) is 35.2 Å². The van der Waals surface area contributed by atoms with E-state index >= 15 is 0 Å². The number of nitrogens with zero attached hydrogens (tertiary/aromatic N) is 2. The van der Waals surface area contributed by atoms with Gasteiger partial charge >= 0.3 is 0 Å². The second-order valence-corrected chi connectivity index (χ2v) is 8.97. The summed E-state index contributed by atoms with van der Waals surface area (Å²) in [6.07, 6.45) is 2.02. The molecule has 3 heterocycles. The molecule has 31 heavy (non-hydrogen) atoms. The van der Waals surface area contributed by atoms with Gasteiger partial charge in [0.25, 0.3) is 5.91 Å². The van der Waals surface area contributed by atoms with Gasteiger partial charge in [-0.25, -0.2) is 9.37 Å². The van der Waals surface area contributed by atoms with Gasteiger partial charge < -0.3 is 10.6 Å². The Morgan fingerprint density at radius 2 is 1.77 bits per heavy atom. The van der Waals surface area contributed by atoms with Gasteiger partial charge in [-0.2, -0.15) is 0 Å². The average molecular weight is 452 g/mol. The molecule has 5 rings (SSSR count). The predicted octanol–water partition coefficient (Wildman–Crippen LogP) is 6.24. The highest BCUT2D eigenvalue weighted by Gasteiger charge is 2.27. The minimum absolute atomic E-state index is 0.0496. The number of carbonyl (C=O) groups is 1. The van der Waals surface area contributed by atoms with Crippen LogP contribution in [0, 0.1) is 5.82 Å². The number of benzene rings is 2. The van der Waals surface area contributed by atoms with Crippen LogP contribution >= 0.6 is 22.9 Å². The lowest BCUT2D eigenvalue weighted by Gasteiger charge is -2.14. The molecular weight excluding hydrogens is 433 g/mol. The molecule has 0 unspecified atom stereocenters. The minimum atomic E-state index is -0.310. The molecular formula is C24H19ClFN3OS. The maximum Gasteiger partial charge on any atom is 0.266 e. The third kappa shape index (κ3) is 3.56. The van der Waals surface area contributed by atoms with Gasteiger partial charge in [-0.3, -0.25) is 4.79 Å². The lowest BCUT2D eigenvalue weighted by molar-refractivity contribution is 0.0798. The van der Waals surface area contributed by atoms with Crippen molar-refractivity contribution < 1.29 is 9.18 Å². The molecule has 2 N–H and O–H groups in total. The summed E-state index contributed by atoms with van der Waals surface area (Å²) in [6, 6.07) is 15.6. The number of halogens is 2. The van der Waals surface area contributed by atoms with E-state index in [1.165, 1.54) is 23.5 Å². The fourth-order valence-electron chi connectivity index (χ4n) is 4.00. The van der Waals surface area contributed by atoms with E-state index in [2.05, 4.69) is 0 Å². The number of amides is 1. The summed E-state index contributed by atoms with van der Waals surface area (Å²) < 4.78 is 13.5. The zero-order valence-corrected chi connectivity index (χ0v) is 18.1. The van der Waals surface area contributed by atoms with E-state index in [4.69, 9.17) is 22.3 Å². The second-order valence-electron chi connectivity index (χ2n) is 7.57. The van der Waals surface area contributed by atoms with E-state index in [9.17, 15) is 9.18 Å². The molecule has 1 aliphatic rings. The summed E-state index contributed by atoms with van der Waals surface area (Å²) in [5.74, 6) is -0.360. The molecule has 0 atom stereocenters. The van der Waals surface area contributed by atoms with Crippen LogP contribution in [0.4, 0.5) is 10.1 Å². The zero-order chi connectivity index (χ0) is 21.5. The Balaban J connectivity index is 1.75. The molecule has 0 spiro atoms. The summed E-state index contributed by atoms with van der Waals surface area (Å²) in [5, 5.41) is 1.31. The van der Waals surface area contributed by atoms with E-state index < -0.39 is 0 Å². The number of carbonyl (C=O) groups excluding carboxylic acids is 1. The first kappa shape index (κ1) is 20.0. The highest BCUT2D eigenvalue weighted by atomic mass is 35.5. The van der Waals surface area contributed by atoms with E-state index in [-0.39, 0.29) is 11.7 Å². The first-order valence-electron chi connectivity index (χ1n) is 10.1. The number of rotatable bonds is 3. The van der Waals surface area contributed by atoms with Gasteiger partial charge in [0, 0.05) is 34.6 Å². The molecule has 1 fully saturated rings. The number of hydrogen-bond donors (Lipinski definition) is 1. The Labute approximate surface area is 188 Å². The monoisotopic (exact) mass is 451 g/mol. The van der Waals surface area contributed by atoms with Crippen molar-refractivity contribution in [3.63, 3.8) is 0 Å². The number of hydrogen-bond acceptors (Lipinski definition) is 4. The lowest BCUT2D eigenvalue weighted by Crippen LogP contribution is -2.27. The molecule has 1 aliphatic heterocycles. The Kier molecular flexibility index (Phi) is 5.12. The molecule has 0 saturated carbocycles. The normalized spacial score (nSPS) is 13.8. The lowest BCUT2D eigenvalue weighted by atomic mass is 9.99. The highest BCUT2D eigenvalue weighted by molar-refractivity contribution is 7.21. The summed E-state index contributed by atoms with van der Waals surface area (Å²) in [4.78, 5) is 20.9. The fourth-order valence-corrected chi connectivity index (χ4v) is 5.33. The van der Waals surface area contributed by atoms with Crippen molar-refractivity contribution in [2.45, 2.75) is 12.8 Å². The predicted molar refractivity (Wildman–Crippen MR) is 125 cm³/mol. The second kappa shape index (κ2) is 7.94. The number of aromatic nitrogens is 1. The van der Waals surface area contributed by atoms with Crippen molar-refractivity contribution in [1.82, 2.24) is 9.88 Å². The molecule has 4 nitrogen and oxygen atoms in total. The quantitative estimate of drug-likeness (QED) is 0.401. The van der Waals surface area contributed by atoms with Gasteiger partial charge in [0.15, 0.2) is 0 Å². The van der Waals surface area contributed by atoms with E-state index in [0.717, 1.165) is 48.0 Å². The van der Waals surface area contributed by atoms with Crippen molar-refractivity contribution in [3.05, 3.63) is 70.3 Å². The zero-order valence-electron chi connectivity index (χ0n) is 16.6. The van der Waals surface area contributed by atoms with Crippen LogP contribution in [0.3, 0.4) is 0 Å². The first-order chi connectivity index (χ1) is 15.0. The van der Waals surface area contributed by atoms with Gasteiger partial charge in [-0.15, -0.1) is 11.3 Å². The SMILES string of the molecule is Nc1c(C(=O)N2CCCC2)sc2nc(-c3ccc(F)cc3)cc(-c3ccccc3Cl)c12. The van der Waals surface area contributed by atoms with Crippen molar-refractivity contribution in [2.75, 3.05) is 18.8 Å². The fraction of sp³-hybridized carbons (Fsp3) is 0.167. The molecule has 0 aliphatic carbocycles. The van der Waals surface area contributed by atoms with Crippen LogP contribution in [-0.4, -0.2) is 28.9 Å². The topological polar surface area (TPSA) is 59.2 Å². The third-order valence-electron chi connectivity index (χ3n) is 5.59. The van der Waals surface area contributed by atoms with Crippen LogP contribution in [0.25, 0.3) is 32.6 Å². The van der Waals surface area contributed by atoms with Gasteiger partial charge in [0.05, 0.1) is 11.4 Å². The number of anilines is 1. The number of fused-ring (bicyclic) bond motifs is 1. The largest absolute Gasteiger partial charge is 0.397 e. The molecule has 1 amide bonds. The van der Waals surface area contributed by atoms with Crippen LogP contribution in [-0.2, 0) is 0 Å². The van der Waals surface area contributed by atoms with Crippen LogP contribution in [0.15, 0.2) is 54.6 Å². The Morgan fingerprint density at radius 3 is 2.48 bits per heavy atom. The van der Waals surface area contributed by atoms with E-state index in [0.29, 0.717) is 26.1 Å². The summed E-state index contributed by atoms with van der Waals surface area (Å²) in [7, 11) is 0. The standard InChI is InChI=1S/C24H19ClFN3OS/c25-18-6-2-1-5-16(18)17-13-19(14-7-9-15(26)10-8-14)28-23-20(17)21(27)22(31-23)24(30)29-11-3-4-12-29/h1-2,5-10,13H,3-4,11-12,27H2. The summed E-state index contributed by atoms with van der Waals surface area (Å²) in [5.41, 5.74) is 10.0. The maximum absolute atomic E-state index is 13.5. The number of pyridine rings is 1. The highest BCUT2D eigenvalue weighted by Crippen LogP contribution is 2.43. The Hall–Kier alpha value is -2.96. The molecule has 2 aromatic carbocycles. The molecule has 2 aromatic heterocycles. The number of nitrogens with two attached hydrogens (primary N) is 1. The van der Waals surface area contributed by atoms with Gasteiger partial charge in [0.1, 0.15) is 15.5 Å². The molecule has 156 valence electrons. The molecule has 7 heteroatoms. The molecule has 1 saturated heterocycles. The van der Waals surface area contributed by atoms with Crippen molar-refractivity contribution in [2.24, 2.45) is 0 Å². The number of thiophene rings is 1. The van der Waals surface area contributed by atoms with Gasteiger partial charge in [0.2, 0.25) is 0 Å². The smallest absolute Gasteiger partial charge is 0.266 e. The molecule has 0 bridgehead atoms. The van der Waals surface area contributed by atoms with Crippen LogP contribution in [0.1, 0.15) is 22.5 Å². The average Bonchev–Trinajstić information content (AvgIpc) is 3.42. The van der Waals surface area contributed by atoms with Crippen LogP contribution < -0.4 is 5.73 Å². The first-order valence-corrected chi connectivity index (χ1v) is 11.3. The van der Waals surface area contributed by atoms with Crippen molar-refractivity contribution in [1.29, 1.82) is 0 Å². The van der Waals surface area contributed by atoms with Crippen LogP contribution in [0.5, 0.6) is 0 Å². The summed E-state index contributed by atoms with van der Waals surface area (Å²) in [6.45, 7) is 1.50.